The molecular formula is C11H23NO. The second kappa shape index (κ2) is 4.97. The summed E-state index contributed by atoms with van der Waals surface area (Å²) in [6.45, 7) is 4.48. The van der Waals surface area contributed by atoms with Crippen molar-refractivity contribution in [1.82, 2.24) is 5.32 Å². The van der Waals surface area contributed by atoms with Crippen LogP contribution in [0.5, 0.6) is 0 Å². The number of ether oxygens (including phenoxy) is 1. The van der Waals surface area contributed by atoms with Crippen LogP contribution in [0.4, 0.5) is 0 Å². The highest BCUT2D eigenvalue weighted by Crippen LogP contribution is 2.47. The predicted molar refractivity (Wildman–Crippen MR) is 55.9 cm³/mol. The van der Waals surface area contributed by atoms with E-state index in [-0.39, 0.29) is 0 Å². The molecule has 78 valence electrons. The molecule has 0 saturated heterocycles. The van der Waals surface area contributed by atoms with Crippen molar-refractivity contribution in [3.63, 3.8) is 0 Å². The van der Waals surface area contributed by atoms with Gasteiger partial charge < -0.3 is 10.1 Å². The lowest BCUT2D eigenvalue weighted by Crippen LogP contribution is -2.32. The topological polar surface area (TPSA) is 21.3 Å². The molecule has 2 nitrogen and oxygen atoms in total. The van der Waals surface area contributed by atoms with Crippen LogP contribution in [0.2, 0.25) is 0 Å². The summed E-state index contributed by atoms with van der Waals surface area (Å²) >= 11 is 0. The van der Waals surface area contributed by atoms with Gasteiger partial charge in [-0.15, -0.1) is 0 Å². The van der Waals surface area contributed by atoms with Gasteiger partial charge in [-0.2, -0.15) is 0 Å². The molecular weight excluding hydrogens is 162 g/mol. The Labute approximate surface area is 82.0 Å². The van der Waals surface area contributed by atoms with Crippen LogP contribution in [-0.4, -0.2) is 27.3 Å². The smallest absolute Gasteiger partial charge is 0.0462 e. The zero-order valence-electron chi connectivity index (χ0n) is 9.23. The third-order valence-electron chi connectivity index (χ3n) is 3.24. The molecule has 2 heteroatoms. The van der Waals surface area contributed by atoms with E-state index in [4.69, 9.17) is 4.74 Å². The Balaban J connectivity index is 2.28. The van der Waals surface area contributed by atoms with E-state index < -0.39 is 0 Å². The first-order chi connectivity index (χ1) is 6.23. The maximum atomic E-state index is 5.10. The highest BCUT2D eigenvalue weighted by atomic mass is 16.5. The third-order valence-corrected chi connectivity index (χ3v) is 3.24. The van der Waals surface area contributed by atoms with Gasteiger partial charge in [0.25, 0.3) is 0 Å². The van der Waals surface area contributed by atoms with E-state index in [0.717, 1.165) is 19.1 Å². The van der Waals surface area contributed by atoms with Gasteiger partial charge in [-0.3, -0.25) is 0 Å². The van der Waals surface area contributed by atoms with Gasteiger partial charge >= 0.3 is 0 Å². The van der Waals surface area contributed by atoms with Crippen LogP contribution in [0.3, 0.4) is 0 Å². The SMILES string of the molecule is CNCC(C)(CCCOC)C1CC1. The quantitative estimate of drug-likeness (QED) is 0.613. The van der Waals surface area contributed by atoms with Gasteiger partial charge in [0, 0.05) is 20.3 Å². The van der Waals surface area contributed by atoms with Crippen molar-refractivity contribution in [3.8, 4) is 0 Å². The largest absolute Gasteiger partial charge is 0.385 e. The molecule has 1 N–H and O–H groups in total. The van der Waals surface area contributed by atoms with Gasteiger partial charge in [-0.05, 0) is 44.1 Å². The molecule has 1 saturated carbocycles. The summed E-state index contributed by atoms with van der Waals surface area (Å²) in [7, 11) is 3.84. The van der Waals surface area contributed by atoms with E-state index in [1.165, 1.54) is 25.7 Å². The lowest BCUT2D eigenvalue weighted by Gasteiger charge is -2.29. The maximum Gasteiger partial charge on any atom is 0.0462 e. The van der Waals surface area contributed by atoms with Crippen LogP contribution in [0.15, 0.2) is 0 Å². The highest BCUT2D eigenvalue weighted by molar-refractivity contribution is 4.92. The number of hydrogen-bond acceptors (Lipinski definition) is 2. The second-order valence-electron chi connectivity index (χ2n) is 4.55. The van der Waals surface area contributed by atoms with Crippen LogP contribution in [0.1, 0.15) is 32.6 Å². The number of nitrogens with one attached hydrogen (secondary N) is 1. The number of rotatable bonds is 7. The maximum absolute atomic E-state index is 5.10. The summed E-state index contributed by atoms with van der Waals surface area (Å²) in [6, 6.07) is 0. The van der Waals surface area contributed by atoms with E-state index in [1.54, 1.807) is 7.11 Å². The Kier molecular flexibility index (Phi) is 4.20. The average molecular weight is 185 g/mol. The zero-order valence-corrected chi connectivity index (χ0v) is 9.23. The van der Waals surface area contributed by atoms with Crippen molar-refractivity contribution >= 4 is 0 Å². The van der Waals surface area contributed by atoms with Crippen LogP contribution in [0.25, 0.3) is 0 Å². The van der Waals surface area contributed by atoms with E-state index in [0.29, 0.717) is 5.41 Å². The summed E-state index contributed by atoms with van der Waals surface area (Å²) in [5.41, 5.74) is 0.521. The van der Waals surface area contributed by atoms with Crippen molar-refractivity contribution in [2.45, 2.75) is 32.6 Å². The third kappa shape index (κ3) is 3.28. The fourth-order valence-corrected chi connectivity index (χ4v) is 2.24. The van der Waals surface area contributed by atoms with Crippen LogP contribution >= 0.6 is 0 Å². The van der Waals surface area contributed by atoms with E-state index in [1.807, 2.05) is 0 Å². The molecule has 1 aliphatic rings. The summed E-state index contributed by atoms with van der Waals surface area (Å²) in [5.74, 6) is 0.969. The Morgan fingerprint density at radius 3 is 2.62 bits per heavy atom. The van der Waals surface area contributed by atoms with Crippen molar-refractivity contribution in [3.05, 3.63) is 0 Å². The van der Waals surface area contributed by atoms with Gasteiger partial charge in [0.2, 0.25) is 0 Å². The molecule has 0 bridgehead atoms. The number of methoxy groups -OCH3 is 1. The Bertz CT molecular complexity index is 145. The van der Waals surface area contributed by atoms with Gasteiger partial charge in [0.1, 0.15) is 0 Å². The highest BCUT2D eigenvalue weighted by Gasteiger charge is 2.40. The van der Waals surface area contributed by atoms with Crippen molar-refractivity contribution < 1.29 is 4.74 Å². The fourth-order valence-electron chi connectivity index (χ4n) is 2.24. The monoisotopic (exact) mass is 185 g/mol. The zero-order chi connectivity index (χ0) is 9.73. The van der Waals surface area contributed by atoms with Crippen molar-refractivity contribution in [2.75, 3.05) is 27.3 Å². The molecule has 1 rings (SSSR count). The minimum Gasteiger partial charge on any atom is -0.385 e. The van der Waals surface area contributed by atoms with Crippen molar-refractivity contribution in [1.29, 1.82) is 0 Å². The predicted octanol–water partition coefficient (Wildman–Crippen LogP) is 2.05. The minimum absolute atomic E-state index is 0.521. The molecule has 0 aromatic carbocycles. The second-order valence-corrected chi connectivity index (χ2v) is 4.55. The first-order valence-corrected chi connectivity index (χ1v) is 5.36. The molecule has 0 spiro atoms. The molecule has 0 heterocycles. The molecule has 0 amide bonds. The Morgan fingerprint density at radius 2 is 2.15 bits per heavy atom. The lowest BCUT2D eigenvalue weighted by molar-refractivity contribution is 0.160. The summed E-state index contributed by atoms with van der Waals surface area (Å²) in [5, 5.41) is 3.32. The average Bonchev–Trinajstić information content (AvgIpc) is 2.87. The molecule has 0 aromatic heterocycles. The van der Waals surface area contributed by atoms with Crippen LogP contribution in [-0.2, 0) is 4.74 Å². The summed E-state index contributed by atoms with van der Waals surface area (Å²) < 4.78 is 5.10. The van der Waals surface area contributed by atoms with Crippen LogP contribution < -0.4 is 5.32 Å². The van der Waals surface area contributed by atoms with E-state index >= 15 is 0 Å². The molecule has 0 aromatic rings. The van der Waals surface area contributed by atoms with Gasteiger partial charge in [-0.1, -0.05) is 6.92 Å². The fraction of sp³-hybridized carbons (Fsp3) is 1.00. The van der Waals surface area contributed by atoms with Crippen LogP contribution in [0, 0.1) is 11.3 Å². The van der Waals surface area contributed by atoms with Gasteiger partial charge in [0.05, 0.1) is 0 Å². The molecule has 13 heavy (non-hydrogen) atoms. The minimum atomic E-state index is 0.521. The first-order valence-electron chi connectivity index (χ1n) is 5.36. The normalized spacial score (nSPS) is 21.5. The number of hydrogen-bond donors (Lipinski definition) is 1. The molecule has 1 fully saturated rings. The summed E-state index contributed by atoms with van der Waals surface area (Å²) in [4.78, 5) is 0. The summed E-state index contributed by atoms with van der Waals surface area (Å²) in [6.07, 6.45) is 5.37. The Morgan fingerprint density at radius 1 is 1.46 bits per heavy atom. The molecule has 1 atom stereocenters. The molecule has 0 aliphatic heterocycles. The lowest BCUT2D eigenvalue weighted by atomic mass is 9.80. The van der Waals surface area contributed by atoms with Crippen molar-refractivity contribution in [2.24, 2.45) is 11.3 Å². The first kappa shape index (κ1) is 11.0. The van der Waals surface area contributed by atoms with E-state index in [2.05, 4.69) is 19.3 Å². The van der Waals surface area contributed by atoms with Gasteiger partial charge in [0.15, 0.2) is 0 Å². The Hall–Kier alpha value is -0.0800. The van der Waals surface area contributed by atoms with E-state index in [9.17, 15) is 0 Å². The standard InChI is InChI=1S/C11H23NO/c1-11(9-12-2,10-5-6-10)7-4-8-13-3/h10,12H,4-9H2,1-3H3. The van der Waals surface area contributed by atoms with Gasteiger partial charge in [-0.25, -0.2) is 0 Å². The molecule has 0 radical (unpaired) electrons. The molecule has 1 aliphatic carbocycles. The molecule has 1 unspecified atom stereocenters.